The molecule has 246 valence electrons. The van der Waals surface area contributed by atoms with Crippen LogP contribution in [0.1, 0.15) is 11.1 Å². The summed E-state index contributed by atoms with van der Waals surface area (Å²) in [5, 5.41) is 3.46. The Hall–Kier alpha value is -6.78. The standard InChI is InChI=1S/C48H34N4/c1-31-19-23-36(24-20-31)46-50-47(37-25-21-32(2)22-26-37)52-48(51-46)38-29-27-34(28-30-38)40-16-10-18-42-43-39(33-11-5-3-6-12-33)15-9-17-41(43)44(49-45(40)42)35-13-7-4-8-14-35/h3-30H,1-2H3. The summed E-state index contributed by atoms with van der Waals surface area (Å²) >= 11 is 0. The number of nitrogens with zero attached hydrogens (tertiary/aromatic N) is 4. The average Bonchev–Trinajstić information content (AvgIpc) is 3.21. The van der Waals surface area contributed by atoms with Gasteiger partial charge in [-0.1, -0.05) is 181 Å². The molecule has 0 amide bonds. The fraction of sp³-hybridized carbons (Fsp3) is 0.0417. The van der Waals surface area contributed by atoms with Gasteiger partial charge in [-0.15, -0.1) is 0 Å². The molecular formula is C48H34N4. The molecule has 0 aliphatic carbocycles. The molecule has 0 fully saturated rings. The third kappa shape index (κ3) is 5.80. The lowest BCUT2D eigenvalue weighted by Crippen LogP contribution is -2.00. The van der Waals surface area contributed by atoms with Gasteiger partial charge in [-0.25, -0.2) is 19.9 Å². The molecule has 4 nitrogen and oxygen atoms in total. The van der Waals surface area contributed by atoms with E-state index in [0.717, 1.165) is 55.4 Å². The molecule has 4 heteroatoms. The van der Waals surface area contributed by atoms with Crippen molar-refractivity contribution in [1.82, 2.24) is 19.9 Å². The van der Waals surface area contributed by atoms with Crippen LogP contribution in [0.3, 0.4) is 0 Å². The molecule has 0 radical (unpaired) electrons. The molecule has 0 spiro atoms. The number of rotatable bonds is 6. The van der Waals surface area contributed by atoms with Crippen molar-refractivity contribution in [3.63, 3.8) is 0 Å². The van der Waals surface area contributed by atoms with Crippen molar-refractivity contribution in [1.29, 1.82) is 0 Å². The van der Waals surface area contributed by atoms with E-state index < -0.39 is 0 Å². The zero-order valence-electron chi connectivity index (χ0n) is 29.0. The summed E-state index contributed by atoms with van der Waals surface area (Å²) in [6, 6.07) is 59.4. The quantitative estimate of drug-likeness (QED) is 0.166. The molecule has 0 unspecified atom stereocenters. The lowest BCUT2D eigenvalue weighted by Gasteiger charge is -2.16. The Balaban J connectivity index is 1.20. The minimum Gasteiger partial charge on any atom is -0.246 e. The largest absolute Gasteiger partial charge is 0.246 e. The number of fused-ring (bicyclic) bond motifs is 3. The lowest BCUT2D eigenvalue weighted by atomic mass is 9.91. The second-order valence-corrected chi connectivity index (χ2v) is 13.2. The Morgan fingerprint density at radius 3 is 1.27 bits per heavy atom. The van der Waals surface area contributed by atoms with Crippen LogP contribution in [0.4, 0.5) is 0 Å². The number of aryl methyl sites for hydroxylation is 2. The van der Waals surface area contributed by atoms with Gasteiger partial charge in [0.2, 0.25) is 0 Å². The Morgan fingerprint density at radius 2 is 0.731 bits per heavy atom. The van der Waals surface area contributed by atoms with Crippen LogP contribution < -0.4 is 0 Å². The summed E-state index contributed by atoms with van der Waals surface area (Å²) in [6.45, 7) is 4.17. The van der Waals surface area contributed by atoms with Crippen molar-refractivity contribution in [2.75, 3.05) is 0 Å². The van der Waals surface area contributed by atoms with Crippen LogP contribution >= 0.6 is 0 Å². The van der Waals surface area contributed by atoms with Crippen molar-refractivity contribution < 1.29 is 0 Å². The first-order chi connectivity index (χ1) is 25.6. The first-order valence-corrected chi connectivity index (χ1v) is 17.6. The molecule has 0 N–H and O–H groups in total. The minimum absolute atomic E-state index is 0.633. The summed E-state index contributed by atoms with van der Waals surface area (Å²) in [6.07, 6.45) is 0. The molecule has 9 aromatic rings. The summed E-state index contributed by atoms with van der Waals surface area (Å²) in [4.78, 5) is 20.3. The van der Waals surface area contributed by atoms with Gasteiger partial charge in [-0.2, -0.15) is 0 Å². The second-order valence-electron chi connectivity index (χ2n) is 13.2. The summed E-state index contributed by atoms with van der Waals surface area (Å²) < 4.78 is 0. The zero-order valence-corrected chi connectivity index (χ0v) is 29.0. The van der Waals surface area contributed by atoms with Gasteiger partial charge in [-0.3, -0.25) is 0 Å². The van der Waals surface area contributed by atoms with Crippen molar-refractivity contribution >= 4 is 21.7 Å². The first kappa shape index (κ1) is 31.2. The maximum absolute atomic E-state index is 5.44. The highest BCUT2D eigenvalue weighted by Gasteiger charge is 2.18. The van der Waals surface area contributed by atoms with Crippen molar-refractivity contribution in [2.24, 2.45) is 0 Å². The van der Waals surface area contributed by atoms with E-state index in [9.17, 15) is 0 Å². The van der Waals surface area contributed by atoms with Gasteiger partial charge in [0.15, 0.2) is 17.5 Å². The summed E-state index contributed by atoms with van der Waals surface area (Å²) in [5.41, 5.74) is 12.8. The van der Waals surface area contributed by atoms with Crippen LogP contribution in [0.5, 0.6) is 0 Å². The first-order valence-electron chi connectivity index (χ1n) is 17.6. The maximum Gasteiger partial charge on any atom is 0.164 e. The number of hydrogen-bond acceptors (Lipinski definition) is 4. The van der Waals surface area contributed by atoms with E-state index in [1.807, 2.05) is 0 Å². The van der Waals surface area contributed by atoms with Gasteiger partial charge in [0.25, 0.3) is 0 Å². The van der Waals surface area contributed by atoms with Gasteiger partial charge < -0.3 is 0 Å². The fourth-order valence-corrected chi connectivity index (χ4v) is 6.95. The molecule has 0 saturated carbocycles. The summed E-state index contributed by atoms with van der Waals surface area (Å²) in [5.74, 6) is 1.93. The van der Waals surface area contributed by atoms with Crippen LogP contribution in [0, 0.1) is 13.8 Å². The maximum atomic E-state index is 5.44. The SMILES string of the molecule is Cc1ccc(-c2nc(-c3ccc(C)cc3)nc(-c3ccc(-c4cccc5c4nc(-c4ccccc4)c4cccc(-c6ccccc6)c45)cc3)n2)cc1. The number of pyridine rings is 1. The molecule has 0 atom stereocenters. The Kier molecular flexibility index (Phi) is 7.90. The smallest absolute Gasteiger partial charge is 0.164 e. The van der Waals surface area contributed by atoms with E-state index in [2.05, 4.69) is 184 Å². The van der Waals surface area contributed by atoms with Crippen LogP contribution in [0.15, 0.2) is 170 Å². The molecule has 2 heterocycles. The van der Waals surface area contributed by atoms with Crippen LogP contribution in [0.25, 0.3) is 89.4 Å². The Labute approximate surface area is 303 Å². The molecule has 52 heavy (non-hydrogen) atoms. The lowest BCUT2D eigenvalue weighted by molar-refractivity contribution is 1.07. The monoisotopic (exact) mass is 666 g/mol. The van der Waals surface area contributed by atoms with Crippen molar-refractivity contribution in [2.45, 2.75) is 13.8 Å². The van der Waals surface area contributed by atoms with E-state index in [1.54, 1.807) is 0 Å². The van der Waals surface area contributed by atoms with Crippen molar-refractivity contribution in [3.8, 4) is 67.7 Å². The van der Waals surface area contributed by atoms with Crippen LogP contribution in [-0.2, 0) is 0 Å². The average molecular weight is 667 g/mol. The third-order valence-corrected chi connectivity index (χ3v) is 9.69. The predicted octanol–water partition coefficient (Wildman–Crippen LogP) is 12.2. The van der Waals surface area contributed by atoms with E-state index in [1.165, 1.54) is 27.6 Å². The number of para-hydroxylation sites is 1. The van der Waals surface area contributed by atoms with Gasteiger partial charge in [0.1, 0.15) is 0 Å². The summed E-state index contributed by atoms with van der Waals surface area (Å²) in [7, 11) is 0. The van der Waals surface area contributed by atoms with Gasteiger partial charge in [0, 0.05) is 44.0 Å². The molecule has 0 bridgehead atoms. The van der Waals surface area contributed by atoms with Gasteiger partial charge in [0.05, 0.1) is 11.2 Å². The van der Waals surface area contributed by atoms with Gasteiger partial charge >= 0.3 is 0 Å². The normalized spacial score (nSPS) is 11.3. The van der Waals surface area contributed by atoms with Crippen LogP contribution in [0.2, 0.25) is 0 Å². The minimum atomic E-state index is 0.633. The van der Waals surface area contributed by atoms with Crippen molar-refractivity contribution in [3.05, 3.63) is 181 Å². The van der Waals surface area contributed by atoms with E-state index >= 15 is 0 Å². The predicted molar refractivity (Wildman–Crippen MR) is 215 cm³/mol. The highest BCUT2D eigenvalue weighted by molar-refractivity contribution is 6.19. The molecule has 0 saturated heterocycles. The van der Waals surface area contributed by atoms with Crippen LogP contribution in [-0.4, -0.2) is 19.9 Å². The van der Waals surface area contributed by atoms with E-state index in [4.69, 9.17) is 19.9 Å². The fourth-order valence-electron chi connectivity index (χ4n) is 6.95. The van der Waals surface area contributed by atoms with Gasteiger partial charge in [-0.05, 0) is 30.5 Å². The molecule has 7 aromatic carbocycles. The third-order valence-electron chi connectivity index (χ3n) is 9.69. The van der Waals surface area contributed by atoms with E-state index in [-0.39, 0.29) is 0 Å². The highest BCUT2D eigenvalue weighted by atomic mass is 15.0. The Morgan fingerprint density at radius 1 is 0.308 bits per heavy atom. The zero-order chi connectivity index (χ0) is 35.0. The second kappa shape index (κ2) is 13.2. The molecule has 0 aliphatic rings. The number of benzene rings is 7. The highest BCUT2D eigenvalue weighted by Crippen LogP contribution is 2.41. The Bertz CT molecular complexity index is 2640. The molecule has 0 aliphatic heterocycles. The molecule has 9 rings (SSSR count). The molecular weight excluding hydrogens is 633 g/mol. The number of aromatic nitrogens is 4. The van der Waals surface area contributed by atoms with E-state index in [0.29, 0.717) is 17.5 Å². The topological polar surface area (TPSA) is 51.6 Å². The number of hydrogen-bond donors (Lipinski definition) is 0. The molecule has 2 aromatic heterocycles.